The van der Waals surface area contributed by atoms with Crippen LogP contribution in [0, 0.1) is 0 Å². The lowest BCUT2D eigenvalue weighted by Crippen LogP contribution is -2.41. The molecular formula is C19H33N5O3S. The highest BCUT2D eigenvalue weighted by atomic mass is 32.2. The topological polar surface area (TPSA) is 95.1 Å². The normalized spacial score (nSPS) is 16.1. The Morgan fingerprint density at radius 3 is 2.50 bits per heavy atom. The van der Waals surface area contributed by atoms with E-state index < -0.39 is 10.0 Å². The van der Waals surface area contributed by atoms with Crippen LogP contribution in [-0.2, 0) is 27.8 Å². The highest BCUT2D eigenvalue weighted by Crippen LogP contribution is 2.14. The Labute approximate surface area is 168 Å². The number of sulfonamides is 1. The molecule has 3 N–H and O–H groups in total. The van der Waals surface area contributed by atoms with Gasteiger partial charge in [0.25, 0.3) is 0 Å². The van der Waals surface area contributed by atoms with Crippen LogP contribution in [0.1, 0.15) is 25.0 Å². The largest absolute Gasteiger partial charge is 0.379 e. The van der Waals surface area contributed by atoms with Crippen molar-refractivity contribution in [2.45, 2.75) is 26.9 Å². The van der Waals surface area contributed by atoms with Gasteiger partial charge in [-0.25, -0.2) is 18.1 Å². The molecule has 28 heavy (non-hydrogen) atoms. The van der Waals surface area contributed by atoms with Crippen LogP contribution >= 0.6 is 0 Å². The van der Waals surface area contributed by atoms with Gasteiger partial charge >= 0.3 is 0 Å². The molecule has 0 aliphatic carbocycles. The minimum absolute atomic E-state index is 0.0844. The van der Waals surface area contributed by atoms with E-state index in [1.54, 1.807) is 6.92 Å². The summed E-state index contributed by atoms with van der Waals surface area (Å²) in [5.41, 5.74) is 2.47. The van der Waals surface area contributed by atoms with Gasteiger partial charge in [0.1, 0.15) is 0 Å². The number of rotatable bonds is 10. The zero-order chi connectivity index (χ0) is 20.2. The molecule has 2 rings (SSSR count). The molecule has 1 saturated heterocycles. The van der Waals surface area contributed by atoms with Crippen molar-refractivity contribution in [2.24, 2.45) is 4.99 Å². The number of morpholine rings is 1. The molecule has 8 nitrogen and oxygen atoms in total. The lowest BCUT2D eigenvalue weighted by molar-refractivity contribution is 0.0341. The van der Waals surface area contributed by atoms with Gasteiger partial charge in [-0.05, 0) is 25.0 Å². The van der Waals surface area contributed by atoms with Crippen LogP contribution in [0.3, 0.4) is 0 Å². The minimum Gasteiger partial charge on any atom is -0.379 e. The van der Waals surface area contributed by atoms with Gasteiger partial charge in [0.15, 0.2) is 5.96 Å². The zero-order valence-electron chi connectivity index (χ0n) is 16.9. The molecule has 1 aromatic rings. The third-order valence-corrected chi connectivity index (χ3v) is 5.89. The van der Waals surface area contributed by atoms with E-state index in [1.165, 1.54) is 11.1 Å². The number of hydrogen-bond donors (Lipinski definition) is 3. The van der Waals surface area contributed by atoms with Crippen molar-refractivity contribution >= 4 is 16.0 Å². The Morgan fingerprint density at radius 2 is 1.82 bits per heavy atom. The first-order chi connectivity index (χ1) is 13.5. The summed E-state index contributed by atoms with van der Waals surface area (Å²) < 4.78 is 30.9. The fourth-order valence-corrected chi connectivity index (χ4v) is 3.48. The zero-order valence-corrected chi connectivity index (χ0v) is 17.7. The lowest BCUT2D eigenvalue weighted by atomic mass is 10.1. The van der Waals surface area contributed by atoms with Crippen molar-refractivity contribution in [2.75, 3.05) is 51.7 Å². The molecule has 0 saturated carbocycles. The molecule has 0 aromatic heterocycles. The number of ether oxygens (including phenoxy) is 1. The Hall–Kier alpha value is -1.68. The van der Waals surface area contributed by atoms with Crippen LogP contribution in [0.4, 0.5) is 0 Å². The summed E-state index contributed by atoms with van der Waals surface area (Å²) in [4.78, 5) is 7.06. The third kappa shape index (κ3) is 8.14. The average molecular weight is 412 g/mol. The third-order valence-electron chi connectivity index (χ3n) is 4.49. The van der Waals surface area contributed by atoms with Crippen LogP contribution in [0.15, 0.2) is 29.3 Å². The summed E-state index contributed by atoms with van der Waals surface area (Å²) in [7, 11) is -3.17. The predicted octanol–water partition coefficient (Wildman–Crippen LogP) is 0.513. The Balaban J connectivity index is 1.92. The lowest BCUT2D eigenvalue weighted by Gasteiger charge is -2.27. The Morgan fingerprint density at radius 1 is 1.11 bits per heavy atom. The number of nitrogens with one attached hydrogen (secondary N) is 3. The summed E-state index contributed by atoms with van der Waals surface area (Å²) in [6.07, 6.45) is 0. The second-order valence-electron chi connectivity index (χ2n) is 6.58. The first-order valence-electron chi connectivity index (χ1n) is 9.90. The van der Waals surface area contributed by atoms with Crippen molar-refractivity contribution in [3.8, 4) is 0 Å². The van der Waals surface area contributed by atoms with Gasteiger partial charge in [-0.15, -0.1) is 0 Å². The number of benzene rings is 1. The highest BCUT2D eigenvalue weighted by molar-refractivity contribution is 7.89. The molecule has 0 amide bonds. The maximum absolute atomic E-state index is 11.5. The molecule has 1 aliphatic heterocycles. The molecule has 0 spiro atoms. The SMILES string of the molecule is CCNC(=NCc1ccccc1CN1CCOCC1)NCCNS(=O)(=O)CC. The summed E-state index contributed by atoms with van der Waals surface area (Å²) in [5, 5.41) is 6.37. The molecule has 0 radical (unpaired) electrons. The van der Waals surface area contributed by atoms with E-state index in [9.17, 15) is 8.42 Å². The number of nitrogens with zero attached hydrogens (tertiary/aromatic N) is 2. The summed E-state index contributed by atoms with van der Waals surface area (Å²) in [6.45, 7) is 10.1. The van der Waals surface area contributed by atoms with E-state index in [1.807, 2.05) is 13.0 Å². The van der Waals surface area contributed by atoms with Crippen molar-refractivity contribution in [3.05, 3.63) is 35.4 Å². The fourth-order valence-electron chi connectivity index (χ4n) is 2.86. The second-order valence-corrected chi connectivity index (χ2v) is 8.67. The molecular weight excluding hydrogens is 378 g/mol. The number of guanidine groups is 1. The molecule has 0 bridgehead atoms. The Kier molecular flexibility index (Phi) is 9.69. The monoisotopic (exact) mass is 411 g/mol. The van der Waals surface area contributed by atoms with E-state index in [4.69, 9.17) is 4.74 Å². The van der Waals surface area contributed by atoms with Crippen molar-refractivity contribution in [3.63, 3.8) is 0 Å². The van der Waals surface area contributed by atoms with Crippen LogP contribution < -0.4 is 15.4 Å². The number of hydrogen-bond acceptors (Lipinski definition) is 5. The molecule has 0 atom stereocenters. The van der Waals surface area contributed by atoms with Crippen LogP contribution in [-0.4, -0.2) is 71.0 Å². The van der Waals surface area contributed by atoms with Crippen molar-refractivity contribution in [1.29, 1.82) is 0 Å². The summed E-state index contributed by atoms with van der Waals surface area (Å²) in [6, 6.07) is 8.36. The smallest absolute Gasteiger partial charge is 0.211 e. The predicted molar refractivity (Wildman–Crippen MR) is 113 cm³/mol. The van der Waals surface area contributed by atoms with Gasteiger partial charge in [0.2, 0.25) is 10.0 Å². The van der Waals surface area contributed by atoms with Gasteiger partial charge in [-0.3, -0.25) is 4.90 Å². The van der Waals surface area contributed by atoms with E-state index in [0.29, 0.717) is 25.6 Å². The van der Waals surface area contributed by atoms with Crippen LogP contribution in [0.2, 0.25) is 0 Å². The molecule has 9 heteroatoms. The standard InChI is InChI=1S/C19H33N5O3S/c1-3-20-19(21-9-10-23-28(25,26)4-2)22-15-17-7-5-6-8-18(17)16-24-11-13-27-14-12-24/h5-8,23H,3-4,9-16H2,1-2H3,(H2,20,21,22). The maximum Gasteiger partial charge on any atom is 0.211 e. The summed E-state index contributed by atoms with van der Waals surface area (Å²) in [5.74, 6) is 0.764. The van der Waals surface area contributed by atoms with Gasteiger partial charge in [-0.2, -0.15) is 0 Å². The minimum atomic E-state index is -3.17. The first kappa shape index (κ1) is 22.6. The van der Waals surface area contributed by atoms with Crippen molar-refractivity contribution in [1.82, 2.24) is 20.3 Å². The number of aliphatic imine (C=N–C) groups is 1. The van der Waals surface area contributed by atoms with Gasteiger partial charge in [0.05, 0.1) is 25.5 Å². The van der Waals surface area contributed by atoms with Crippen LogP contribution in [0.5, 0.6) is 0 Å². The molecule has 1 aromatic carbocycles. The van der Waals surface area contributed by atoms with E-state index >= 15 is 0 Å². The summed E-state index contributed by atoms with van der Waals surface area (Å²) >= 11 is 0. The molecule has 0 unspecified atom stereocenters. The van der Waals surface area contributed by atoms with Gasteiger partial charge in [0, 0.05) is 39.3 Å². The van der Waals surface area contributed by atoms with Crippen LogP contribution in [0.25, 0.3) is 0 Å². The molecule has 1 heterocycles. The van der Waals surface area contributed by atoms with E-state index in [2.05, 4.69) is 43.4 Å². The van der Waals surface area contributed by atoms with Gasteiger partial charge in [-0.1, -0.05) is 24.3 Å². The van der Waals surface area contributed by atoms with Gasteiger partial charge < -0.3 is 15.4 Å². The van der Waals surface area contributed by atoms with E-state index in [0.717, 1.165) is 39.4 Å². The Bertz CT molecular complexity index is 718. The molecule has 158 valence electrons. The molecule has 1 fully saturated rings. The highest BCUT2D eigenvalue weighted by Gasteiger charge is 2.12. The average Bonchev–Trinajstić information content (AvgIpc) is 2.71. The fraction of sp³-hybridized carbons (Fsp3) is 0.632. The first-order valence-corrected chi connectivity index (χ1v) is 11.6. The van der Waals surface area contributed by atoms with Crippen molar-refractivity contribution < 1.29 is 13.2 Å². The second kappa shape index (κ2) is 12.0. The quantitative estimate of drug-likeness (QED) is 0.295. The maximum atomic E-state index is 11.5. The molecule has 1 aliphatic rings. The van der Waals surface area contributed by atoms with E-state index in [-0.39, 0.29) is 5.75 Å².